The molecule has 3 heterocycles. The second-order valence-electron chi connectivity index (χ2n) is 6.76. The van der Waals surface area contributed by atoms with Gasteiger partial charge in [0.15, 0.2) is 0 Å². The smallest absolute Gasteiger partial charge is 0.252 e. The molecule has 0 saturated heterocycles. The number of amides is 1. The lowest BCUT2D eigenvalue weighted by Crippen LogP contribution is -2.34. The van der Waals surface area contributed by atoms with Crippen molar-refractivity contribution in [3.05, 3.63) is 74.0 Å². The number of hydrogen-bond acceptors (Lipinski definition) is 5. The maximum atomic E-state index is 12.6. The first-order chi connectivity index (χ1) is 14.1. The van der Waals surface area contributed by atoms with E-state index in [0.717, 1.165) is 36.6 Å². The Bertz CT molecular complexity index is 1010. The summed E-state index contributed by atoms with van der Waals surface area (Å²) in [5.41, 5.74) is 2.37. The Kier molecular flexibility index (Phi) is 6.23. The number of pyridine rings is 1. The lowest BCUT2D eigenvalue weighted by molar-refractivity contribution is 0.0954. The third-order valence-electron chi connectivity index (χ3n) is 4.75. The molecule has 0 saturated carbocycles. The molecule has 2 N–H and O–H groups in total. The predicted molar refractivity (Wildman–Crippen MR) is 121 cm³/mol. The number of nitrogens with one attached hydrogen (secondary N) is 2. The maximum Gasteiger partial charge on any atom is 0.252 e. The van der Waals surface area contributed by atoms with Crippen molar-refractivity contribution < 1.29 is 4.79 Å². The number of halogens is 2. The second-order valence-corrected chi connectivity index (χ2v) is 8.64. The van der Waals surface area contributed by atoms with E-state index < -0.39 is 0 Å². The first kappa shape index (κ1) is 20.0. The van der Waals surface area contributed by atoms with Crippen molar-refractivity contribution in [1.82, 2.24) is 10.3 Å². The number of aromatic nitrogens is 1. The number of carbonyl (C=O) groups excluding carboxylic acids is 1. The van der Waals surface area contributed by atoms with Crippen LogP contribution in [-0.4, -0.2) is 30.5 Å². The molecule has 0 aliphatic carbocycles. The van der Waals surface area contributed by atoms with Gasteiger partial charge in [-0.2, -0.15) is 0 Å². The Morgan fingerprint density at radius 3 is 3.00 bits per heavy atom. The summed E-state index contributed by atoms with van der Waals surface area (Å²) < 4.78 is 0. The van der Waals surface area contributed by atoms with Crippen molar-refractivity contribution in [2.45, 2.75) is 13.0 Å². The van der Waals surface area contributed by atoms with E-state index in [1.807, 2.05) is 23.6 Å². The van der Waals surface area contributed by atoms with Crippen LogP contribution in [-0.2, 0) is 13.0 Å². The summed E-state index contributed by atoms with van der Waals surface area (Å²) in [6.45, 7) is 2.74. The topological polar surface area (TPSA) is 57.3 Å². The summed E-state index contributed by atoms with van der Waals surface area (Å²) in [6.07, 6.45) is 2.44. The molecule has 1 aromatic carbocycles. The Morgan fingerprint density at radius 2 is 2.17 bits per heavy atom. The number of anilines is 2. The normalized spacial score (nSPS) is 13.0. The molecule has 8 heteroatoms. The van der Waals surface area contributed by atoms with Gasteiger partial charge in [0.05, 0.1) is 11.3 Å². The van der Waals surface area contributed by atoms with Crippen LogP contribution in [0.15, 0.2) is 48.0 Å². The zero-order valence-corrected chi connectivity index (χ0v) is 17.9. The minimum atomic E-state index is -0.122. The summed E-state index contributed by atoms with van der Waals surface area (Å²) >= 11 is 14.2. The van der Waals surface area contributed by atoms with Gasteiger partial charge in [-0.3, -0.25) is 4.79 Å². The summed E-state index contributed by atoms with van der Waals surface area (Å²) in [4.78, 5) is 20.5. The quantitative estimate of drug-likeness (QED) is 0.567. The molecule has 0 fully saturated rings. The van der Waals surface area contributed by atoms with Crippen LogP contribution in [0.25, 0.3) is 0 Å². The van der Waals surface area contributed by atoms with Crippen molar-refractivity contribution in [3.63, 3.8) is 0 Å². The Balaban J connectivity index is 1.49. The first-order valence-electron chi connectivity index (χ1n) is 9.33. The van der Waals surface area contributed by atoms with Crippen LogP contribution < -0.4 is 15.5 Å². The van der Waals surface area contributed by atoms with E-state index in [9.17, 15) is 4.79 Å². The molecule has 0 atom stereocenters. The van der Waals surface area contributed by atoms with E-state index in [2.05, 4.69) is 26.6 Å². The first-order valence-corrected chi connectivity index (χ1v) is 11.0. The number of carbonyl (C=O) groups is 1. The maximum absolute atomic E-state index is 12.6. The van der Waals surface area contributed by atoms with Crippen molar-refractivity contribution >= 4 is 52.0 Å². The Morgan fingerprint density at radius 1 is 1.28 bits per heavy atom. The predicted octanol–water partition coefficient (Wildman–Crippen LogP) is 4.85. The average Bonchev–Trinajstić information content (AvgIpc) is 3.24. The molecule has 150 valence electrons. The summed E-state index contributed by atoms with van der Waals surface area (Å²) in [5.74, 6) is 0.646. The third kappa shape index (κ3) is 4.83. The van der Waals surface area contributed by atoms with Gasteiger partial charge in [0, 0.05) is 47.3 Å². The van der Waals surface area contributed by atoms with E-state index in [1.165, 1.54) is 4.88 Å². The summed E-state index contributed by atoms with van der Waals surface area (Å²) in [5, 5.41) is 9.63. The molecule has 5 nitrogen and oxygen atoms in total. The molecule has 0 spiro atoms. The lowest BCUT2D eigenvalue weighted by Gasteiger charge is -2.32. The van der Waals surface area contributed by atoms with Crippen LogP contribution in [0.4, 0.5) is 11.5 Å². The van der Waals surface area contributed by atoms with Gasteiger partial charge < -0.3 is 15.5 Å². The number of nitrogens with zero attached hydrogens (tertiary/aromatic N) is 2. The fourth-order valence-electron chi connectivity index (χ4n) is 3.27. The molecule has 3 aromatic rings. The Labute approximate surface area is 183 Å². The van der Waals surface area contributed by atoms with Crippen LogP contribution in [0, 0.1) is 0 Å². The molecule has 29 heavy (non-hydrogen) atoms. The number of rotatable bonds is 6. The lowest BCUT2D eigenvalue weighted by atomic mass is 10.1. The SMILES string of the molecule is O=C(NCCc1cccs1)c1cnc2c(c1)N(Cc1cc(Cl)ccc1Cl)CCN2. The molecule has 2 aromatic heterocycles. The fourth-order valence-corrected chi connectivity index (χ4v) is 4.36. The minimum Gasteiger partial charge on any atom is -0.367 e. The number of fused-ring (bicyclic) bond motifs is 1. The van der Waals surface area contributed by atoms with Gasteiger partial charge in [0.25, 0.3) is 5.91 Å². The van der Waals surface area contributed by atoms with Gasteiger partial charge >= 0.3 is 0 Å². The molecule has 0 unspecified atom stereocenters. The van der Waals surface area contributed by atoms with Gasteiger partial charge in [-0.15, -0.1) is 11.3 Å². The van der Waals surface area contributed by atoms with Gasteiger partial charge in [0.1, 0.15) is 5.82 Å². The van der Waals surface area contributed by atoms with Gasteiger partial charge in [0.2, 0.25) is 0 Å². The van der Waals surface area contributed by atoms with Crippen molar-refractivity contribution in [2.24, 2.45) is 0 Å². The molecule has 4 rings (SSSR count). The van der Waals surface area contributed by atoms with E-state index in [-0.39, 0.29) is 5.91 Å². The molecular weight excluding hydrogens is 427 g/mol. The van der Waals surface area contributed by atoms with E-state index in [1.54, 1.807) is 29.7 Å². The summed E-state index contributed by atoms with van der Waals surface area (Å²) in [7, 11) is 0. The highest BCUT2D eigenvalue weighted by Gasteiger charge is 2.21. The van der Waals surface area contributed by atoms with Gasteiger partial charge in [-0.1, -0.05) is 29.3 Å². The van der Waals surface area contributed by atoms with Crippen LogP contribution in [0.2, 0.25) is 10.0 Å². The second kappa shape index (κ2) is 9.03. The van der Waals surface area contributed by atoms with Crippen LogP contribution in [0.3, 0.4) is 0 Å². The van der Waals surface area contributed by atoms with Gasteiger partial charge in [-0.05, 0) is 47.7 Å². The van der Waals surface area contributed by atoms with E-state index in [4.69, 9.17) is 23.2 Å². The van der Waals surface area contributed by atoms with Crippen LogP contribution in [0.1, 0.15) is 20.8 Å². The molecule has 0 radical (unpaired) electrons. The largest absolute Gasteiger partial charge is 0.367 e. The molecular formula is C21H20Cl2N4OS. The molecule has 0 bridgehead atoms. The fraction of sp³-hybridized carbons (Fsp3) is 0.238. The van der Waals surface area contributed by atoms with Crippen LogP contribution in [0.5, 0.6) is 0 Å². The number of thiophene rings is 1. The number of benzene rings is 1. The molecule has 1 amide bonds. The minimum absolute atomic E-state index is 0.122. The van der Waals surface area contributed by atoms with Crippen molar-refractivity contribution in [1.29, 1.82) is 0 Å². The Hall–Kier alpha value is -2.28. The van der Waals surface area contributed by atoms with Crippen LogP contribution >= 0.6 is 34.5 Å². The standard InChI is InChI=1S/C21H20Cl2N4OS/c22-16-3-4-18(23)15(10-16)13-27-8-7-24-20-19(27)11-14(12-26-20)21(28)25-6-5-17-2-1-9-29-17/h1-4,9-12H,5-8,13H2,(H,24,26)(H,25,28). The highest BCUT2D eigenvalue weighted by atomic mass is 35.5. The molecule has 1 aliphatic heterocycles. The molecule has 1 aliphatic rings. The number of hydrogen-bond donors (Lipinski definition) is 2. The van der Waals surface area contributed by atoms with E-state index >= 15 is 0 Å². The zero-order chi connectivity index (χ0) is 20.2. The summed E-state index contributed by atoms with van der Waals surface area (Å²) in [6, 6.07) is 11.4. The average molecular weight is 447 g/mol. The van der Waals surface area contributed by atoms with E-state index in [0.29, 0.717) is 28.7 Å². The van der Waals surface area contributed by atoms with Gasteiger partial charge in [-0.25, -0.2) is 4.98 Å². The highest BCUT2D eigenvalue weighted by molar-refractivity contribution is 7.09. The highest BCUT2D eigenvalue weighted by Crippen LogP contribution is 2.31. The van der Waals surface area contributed by atoms with Crippen molar-refractivity contribution in [3.8, 4) is 0 Å². The third-order valence-corrected chi connectivity index (χ3v) is 6.29. The zero-order valence-electron chi connectivity index (χ0n) is 15.6. The van der Waals surface area contributed by atoms with Crippen molar-refractivity contribution in [2.75, 3.05) is 29.9 Å². The monoisotopic (exact) mass is 446 g/mol.